The number of esters is 1. The van der Waals surface area contributed by atoms with Crippen LogP contribution in [0, 0.1) is 5.92 Å². The zero-order chi connectivity index (χ0) is 10.1. The molecule has 14 heavy (non-hydrogen) atoms. The maximum Gasteiger partial charge on any atom is 0.379 e. The van der Waals surface area contributed by atoms with Crippen LogP contribution in [0.3, 0.4) is 0 Å². The third kappa shape index (κ3) is 1.62. The lowest BCUT2D eigenvalue weighted by Crippen LogP contribution is -2.06. The minimum Gasteiger partial charge on any atom is -0.460 e. The van der Waals surface area contributed by atoms with E-state index >= 15 is 0 Å². The van der Waals surface area contributed by atoms with E-state index in [2.05, 4.69) is 17.1 Å². The summed E-state index contributed by atoms with van der Waals surface area (Å²) in [5.41, 5.74) is 0. The van der Waals surface area contributed by atoms with Crippen LogP contribution in [0.5, 0.6) is 0 Å². The van der Waals surface area contributed by atoms with Gasteiger partial charge in [-0.25, -0.2) is 4.79 Å². The Labute approximate surface area is 81.4 Å². The summed E-state index contributed by atoms with van der Waals surface area (Å²) >= 11 is 0. The Bertz CT molecular complexity index is 348. The van der Waals surface area contributed by atoms with E-state index in [1.807, 2.05) is 0 Å². The van der Waals surface area contributed by atoms with Crippen LogP contribution in [0.2, 0.25) is 0 Å². The van der Waals surface area contributed by atoms with Gasteiger partial charge in [-0.3, -0.25) is 0 Å². The second-order valence-corrected chi connectivity index (χ2v) is 3.50. The van der Waals surface area contributed by atoms with Gasteiger partial charge in [0, 0.05) is 5.92 Å². The van der Waals surface area contributed by atoms with Crippen LogP contribution in [-0.4, -0.2) is 22.7 Å². The molecule has 0 aromatic carbocycles. The predicted molar refractivity (Wildman–Crippen MR) is 46.8 cm³/mol. The van der Waals surface area contributed by atoms with Gasteiger partial charge < -0.3 is 9.26 Å². The first-order chi connectivity index (χ1) is 6.72. The molecule has 0 radical (unpaired) electrons. The predicted octanol–water partition coefficient (Wildman–Crippen LogP) is 1.37. The van der Waals surface area contributed by atoms with Crippen molar-refractivity contribution in [1.82, 2.24) is 10.1 Å². The van der Waals surface area contributed by atoms with Crippen LogP contribution >= 0.6 is 0 Å². The summed E-state index contributed by atoms with van der Waals surface area (Å²) in [5.74, 6) is 0.994. The van der Waals surface area contributed by atoms with Crippen molar-refractivity contribution in [2.24, 2.45) is 5.92 Å². The van der Waals surface area contributed by atoms with Gasteiger partial charge in [-0.1, -0.05) is 6.92 Å². The van der Waals surface area contributed by atoms with E-state index in [0.717, 1.165) is 6.42 Å². The smallest absolute Gasteiger partial charge is 0.379 e. The second kappa shape index (κ2) is 3.40. The largest absolute Gasteiger partial charge is 0.460 e. The molecule has 2 unspecified atom stereocenters. The molecule has 2 atom stereocenters. The molecule has 1 saturated carbocycles. The molecule has 2 rings (SSSR count). The molecule has 1 fully saturated rings. The maximum atomic E-state index is 11.2. The number of nitrogens with zero attached hydrogens (tertiary/aromatic N) is 2. The Morgan fingerprint density at radius 3 is 3.00 bits per heavy atom. The summed E-state index contributed by atoms with van der Waals surface area (Å²) in [6.07, 6.45) is 1.06. The number of carbonyl (C=O) groups is 1. The highest BCUT2D eigenvalue weighted by Crippen LogP contribution is 2.45. The number of hydrogen-bond acceptors (Lipinski definition) is 5. The highest BCUT2D eigenvalue weighted by atomic mass is 16.5. The lowest BCUT2D eigenvalue weighted by molar-refractivity contribution is 0.0508. The molecule has 0 saturated heterocycles. The molecule has 1 aromatic rings. The van der Waals surface area contributed by atoms with E-state index in [9.17, 15) is 4.79 Å². The molecule has 1 heterocycles. The average Bonchev–Trinajstić information content (AvgIpc) is 2.70. The van der Waals surface area contributed by atoms with E-state index in [0.29, 0.717) is 24.3 Å². The quantitative estimate of drug-likeness (QED) is 0.683. The topological polar surface area (TPSA) is 65.2 Å². The summed E-state index contributed by atoms with van der Waals surface area (Å²) < 4.78 is 9.71. The van der Waals surface area contributed by atoms with E-state index in [1.165, 1.54) is 0 Å². The van der Waals surface area contributed by atoms with Crippen LogP contribution < -0.4 is 0 Å². The van der Waals surface area contributed by atoms with Gasteiger partial charge in [0.15, 0.2) is 0 Å². The summed E-state index contributed by atoms with van der Waals surface area (Å²) in [4.78, 5) is 15.2. The Morgan fingerprint density at radius 2 is 2.43 bits per heavy atom. The Hall–Kier alpha value is -1.39. The standard InChI is InChI=1S/C9H12N2O3/c1-3-13-9(12)7-10-8(14-11-7)6-4-5(6)2/h5-6H,3-4H2,1-2H3. The van der Waals surface area contributed by atoms with Crippen molar-refractivity contribution in [3.8, 4) is 0 Å². The fraction of sp³-hybridized carbons (Fsp3) is 0.667. The van der Waals surface area contributed by atoms with Gasteiger partial charge in [0.05, 0.1) is 6.61 Å². The second-order valence-electron chi connectivity index (χ2n) is 3.50. The van der Waals surface area contributed by atoms with Gasteiger partial charge in [0.2, 0.25) is 5.89 Å². The minimum absolute atomic E-state index is 0.0287. The van der Waals surface area contributed by atoms with Crippen molar-refractivity contribution in [2.45, 2.75) is 26.2 Å². The SMILES string of the molecule is CCOC(=O)c1noc(C2CC2C)n1. The van der Waals surface area contributed by atoms with Crippen LogP contribution in [0.4, 0.5) is 0 Å². The van der Waals surface area contributed by atoms with Gasteiger partial charge in [0.25, 0.3) is 5.82 Å². The highest BCUT2D eigenvalue weighted by molar-refractivity contribution is 5.84. The Balaban J connectivity index is 2.06. The molecule has 1 aliphatic carbocycles. The Kier molecular flexibility index (Phi) is 2.23. The van der Waals surface area contributed by atoms with Crippen molar-refractivity contribution in [1.29, 1.82) is 0 Å². The molecular formula is C9H12N2O3. The molecule has 1 aromatic heterocycles. The third-order valence-electron chi connectivity index (χ3n) is 2.33. The first-order valence-electron chi connectivity index (χ1n) is 4.73. The maximum absolute atomic E-state index is 11.2. The summed E-state index contributed by atoms with van der Waals surface area (Å²) in [7, 11) is 0. The molecular weight excluding hydrogens is 184 g/mol. The fourth-order valence-corrected chi connectivity index (χ4v) is 1.33. The van der Waals surface area contributed by atoms with Gasteiger partial charge >= 0.3 is 5.97 Å². The van der Waals surface area contributed by atoms with Gasteiger partial charge in [-0.05, 0) is 24.4 Å². The van der Waals surface area contributed by atoms with E-state index < -0.39 is 5.97 Å². The summed E-state index contributed by atoms with van der Waals surface area (Å²) in [6.45, 7) is 4.17. The molecule has 5 heteroatoms. The van der Waals surface area contributed by atoms with Gasteiger partial charge in [-0.2, -0.15) is 4.98 Å². The lowest BCUT2D eigenvalue weighted by atomic mass is 10.3. The van der Waals surface area contributed by atoms with E-state index in [4.69, 9.17) is 9.26 Å². The third-order valence-corrected chi connectivity index (χ3v) is 2.33. The first kappa shape index (κ1) is 9.18. The van der Waals surface area contributed by atoms with Crippen LogP contribution in [0.15, 0.2) is 4.52 Å². The molecule has 5 nitrogen and oxygen atoms in total. The molecule has 0 spiro atoms. The van der Waals surface area contributed by atoms with Crippen LogP contribution in [0.25, 0.3) is 0 Å². The Morgan fingerprint density at radius 1 is 1.71 bits per heavy atom. The van der Waals surface area contributed by atoms with Gasteiger partial charge in [0.1, 0.15) is 0 Å². The lowest BCUT2D eigenvalue weighted by Gasteiger charge is -1.93. The molecule has 0 amide bonds. The average molecular weight is 196 g/mol. The number of rotatable bonds is 3. The number of ether oxygens (including phenoxy) is 1. The normalized spacial score (nSPS) is 24.7. The molecule has 0 bridgehead atoms. The zero-order valence-corrected chi connectivity index (χ0v) is 8.19. The summed E-state index contributed by atoms with van der Waals surface area (Å²) in [6, 6.07) is 0. The molecule has 76 valence electrons. The van der Waals surface area contributed by atoms with Gasteiger partial charge in [-0.15, -0.1) is 0 Å². The monoisotopic (exact) mass is 196 g/mol. The first-order valence-corrected chi connectivity index (χ1v) is 4.73. The fourth-order valence-electron chi connectivity index (χ4n) is 1.33. The van der Waals surface area contributed by atoms with Crippen molar-refractivity contribution in [3.63, 3.8) is 0 Å². The number of carbonyl (C=O) groups excluding carboxylic acids is 1. The summed E-state index contributed by atoms with van der Waals surface area (Å²) in [5, 5.41) is 3.57. The number of hydrogen-bond donors (Lipinski definition) is 0. The van der Waals surface area contributed by atoms with Crippen molar-refractivity contribution < 1.29 is 14.1 Å². The molecule has 0 aliphatic heterocycles. The van der Waals surface area contributed by atoms with Crippen LogP contribution in [0.1, 0.15) is 42.7 Å². The van der Waals surface area contributed by atoms with E-state index in [1.54, 1.807) is 6.92 Å². The molecule has 0 N–H and O–H groups in total. The zero-order valence-electron chi connectivity index (χ0n) is 8.19. The van der Waals surface area contributed by atoms with Crippen LogP contribution in [-0.2, 0) is 4.74 Å². The molecule has 1 aliphatic rings. The highest BCUT2D eigenvalue weighted by Gasteiger charge is 2.39. The minimum atomic E-state index is -0.518. The van der Waals surface area contributed by atoms with E-state index in [-0.39, 0.29) is 5.82 Å². The van der Waals surface area contributed by atoms with Crippen molar-refractivity contribution >= 4 is 5.97 Å². The van der Waals surface area contributed by atoms with Crippen molar-refractivity contribution in [2.75, 3.05) is 6.61 Å². The number of aromatic nitrogens is 2. The van der Waals surface area contributed by atoms with Crippen molar-refractivity contribution in [3.05, 3.63) is 11.7 Å².